The van der Waals surface area contributed by atoms with Gasteiger partial charge in [-0.2, -0.15) is 11.3 Å². The average Bonchev–Trinajstić information content (AvgIpc) is 2.75. The van der Waals surface area contributed by atoms with Gasteiger partial charge in [0.15, 0.2) is 0 Å². The van der Waals surface area contributed by atoms with Gasteiger partial charge in [0.1, 0.15) is 0 Å². The lowest BCUT2D eigenvalue weighted by Crippen LogP contribution is -1.93. The SMILES string of the molecule is Cc1ccsc1C(Cl)Cc1ccsc1. The molecule has 2 aromatic rings. The Bertz CT molecular complexity index is 389. The lowest BCUT2D eigenvalue weighted by molar-refractivity contribution is 0.937. The van der Waals surface area contributed by atoms with Crippen molar-refractivity contribution in [3.05, 3.63) is 44.3 Å². The van der Waals surface area contributed by atoms with E-state index in [0.29, 0.717) is 0 Å². The molecular weight excluding hydrogens is 232 g/mol. The fourth-order valence-corrected chi connectivity index (χ4v) is 3.50. The highest BCUT2D eigenvalue weighted by atomic mass is 35.5. The maximum atomic E-state index is 6.36. The summed E-state index contributed by atoms with van der Waals surface area (Å²) in [5.74, 6) is 0. The smallest absolute Gasteiger partial charge is 0.0721 e. The minimum Gasteiger partial charge on any atom is -0.152 e. The third-order valence-corrected chi connectivity index (χ3v) is 4.55. The maximum Gasteiger partial charge on any atom is 0.0721 e. The van der Waals surface area contributed by atoms with Gasteiger partial charge in [-0.25, -0.2) is 0 Å². The van der Waals surface area contributed by atoms with Crippen molar-refractivity contribution < 1.29 is 0 Å². The standard InChI is InChI=1S/C11H11ClS2/c1-8-2-5-14-11(8)10(12)6-9-3-4-13-7-9/h2-5,7,10H,6H2,1H3. The molecule has 0 aliphatic rings. The summed E-state index contributed by atoms with van der Waals surface area (Å²) in [7, 11) is 0. The molecule has 0 amide bonds. The summed E-state index contributed by atoms with van der Waals surface area (Å²) in [6.45, 7) is 2.12. The van der Waals surface area contributed by atoms with Crippen molar-refractivity contribution >= 4 is 34.3 Å². The Morgan fingerprint density at radius 3 is 2.79 bits per heavy atom. The Labute approximate surface area is 97.2 Å². The number of hydrogen-bond donors (Lipinski definition) is 0. The van der Waals surface area contributed by atoms with Crippen molar-refractivity contribution in [3.63, 3.8) is 0 Å². The third kappa shape index (κ3) is 2.19. The van der Waals surface area contributed by atoms with E-state index in [1.807, 2.05) is 0 Å². The zero-order chi connectivity index (χ0) is 9.97. The molecule has 0 aromatic carbocycles. The number of rotatable bonds is 3. The molecule has 0 aliphatic heterocycles. The van der Waals surface area contributed by atoms with Crippen molar-refractivity contribution in [2.24, 2.45) is 0 Å². The van der Waals surface area contributed by atoms with Crippen LogP contribution in [0.15, 0.2) is 28.3 Å². The van der Waals surface area contributed by atoms with E-state index in [1.54, 1.807) is 22.7 Å². The topological polar surface area (TPSA) is 0 Å². The quantitative estimate of drug-likeness (QED) is 0.688. The molecule has 0 saturated carbocycles. The molecule has 0 bridgehead atoms. The number of hydrogen-bond acceptors (Lipinski definition) is 2. The van der Waals surface area contributed by atoms with Gasteiger partial charge in [0.2, 0.25) is 0 Å². The highest BCUT2D eigenvalue weighted by Gasteiger charge is 2.12. The number of aryl methyl sites for hydroxylation is 1. The Hall–Kier alpha value is -0.310. The second kappa shape index (κ2) is 4.47. The Morgan fingerprint density at radius 1 is 1.36 bits per heavy atom. The maximum absolute atomic E-state index is 6.36. The lowest BCUT2D eigenvalue weighted by Gasteiger charge is -2.06. The van der Waals surface area contributed by atoms with Gasteiger partial charge in [0, 0.05) is 4.88 Å². The molecule has 2 heterocycles. The first-order valence-corrected chi connectivity index (χ1v) is 6.72. The molecule has 74 valence electrons. The van der Waals surface area contributed by atoms with Crippen LogP contribution in [0.5, 0.6) is 0 Å². The summed E-state index contributed by atoms with van der Waals surface area (Å²) in [4.78, 5) is 1.30. The van der Waals surface area contributed by atoms with Crippen LogP contribution in [0.3, 0.4) is 0 Å². The van der Waals surface area contributed by atoms with Crippen LogP contribution in [0.25, 0.3) is 0 Å². The summed E-state index contributed by atoms with van der Waals surface area (Å²) in [5, 5.41) is 6.50. The van der Waals surface area contributed by atoms with Crippen molar-refractivity contribution in [2.45, 2.75) is 18.7 Å². The number of thiophene rings is 2. The second-order valence-corrected chi connectivity index (χ2v) is 5.53. The highest BCUT2D eigenvalue weighted by Crippen LogP contribution is 2.32. The molecule has 0 saturated heterocycles. The van der Waals surface area contributed by atoms with E-state index in [2.05, 4.69) is 35.2 Å². The molecule has 2 aromatic heterocycles. The first-order valence-electron chi connectivity index (χ1n) is 4.46. The summed E-state index contributed by atoms with van der Waals surface area (Å²) < 4.78 is 0. The third-order valence-electron chi connectivity index (χ3n) is 2.18. The van der Waals surface area contributed by atoms with Gasteiger partial charge in [0.25, 0.3) is 0 Å². The highest BCUT2D eigenvalue weighted by molar-refractivity contribution is 7.10. The van der Waals surface area contributed by atoms with Crippen molar-refractivity contribution in [2.75, 3.05) is 0 Å². The van der Waals surface area contributed by atoms with E-state index in [-0.39, 0.29) is 5.38 Å². The van der Waals surface area contributed by atoms with Gasteiger partial charge < -0.3 is 0 Å². The molecule has 1 atom stereocenters. The van der Waals surface area contributed by atoms with Gasteiger partial charge in [-0.3, -0.25) is 0 Å². The van der Waals surface area contributed by atoms with E-state index >= 15 is 0 Å². The van der Waals surface area contributed by atoms with E-state index in [1.165, 1.54) is 16.0 Å². The van der Waals surface area contributed by atoms with Crippen LogP contribution in [0.4, 0.5) is 0 Å². The van der Waals surface area contributed by atoms with Crippen molar-refractivity contribution in [3.8, 4) is 0 Å². The molecule has 0 spiro atoms. The largest absolute Gasteiger partial charge is 0.152 e. The van der Waals surface area contributed by atoms with E-state index in [4.69, 9.17) is 11.6 Å². The molecular formula is C11H11ClS2. The molecule has 2 rings (SSSR count). The van der Waals surface area contributed by atoms with Gasteiger partial charge in [-0.15, -0.1) is 22.9 Å². The molecule has 14 heavy (non-hydrogen) atoms. The Kier molecular flexibility index (Phi) is 3.26. The van der Waals surface area contributed by atoms with Gasteiger partial charge >= 0.3 is 0 Å². The fourth-order valence-electron chi connectivity index (χ4n) is 1.41. The second-order valence-electron chi connectivity index (χ2n) is 3.27. The average molecular weight is 243 g/mol. The van der Waals surface area contributed by atoms with Crippen LogP contribution in [-0.4, -0.2) is 0 Å². The van der Waals surface area contributed by atoms with E-state index < -0.39 is 0 Å². The first-order chi connectivity index (χ1) is 6.77. The normalized spacial score (nSPS) is 13.0. The Balaban J connectivity index is 2.10. The van der Waals surface area contributed by atoms with E-state index in [9.17, 15) is 0 Å². The summed E-state index contributed by atoms with van der Waals surface area (Å²) in [6.07, 6.45) is 0.937. The Morgan fingerprint density at radius 2 is 2.21 bits per heavy atom. The number of halogens is 1. The molecule has 0 fully saturated rings. The van der Waals surface area contributed by atoms with Crippen LogP contribution in [0.1, 0.15) is 21.4 Å². The molecule has 3 heteroatoms. The van der Waals surface area contributed by atoms with Crippen molar-refractivity contribution in [1.82, 2.24) is 0 Å². The molecule has 0 nitrogen and oxygen atoms in total. The minimum atomic E-state index is 0.129. The molecule has 1 unspecified atom stereocenters. The predicted molar refractivity (Wildman–Crippen MR) is 65.7 cm³/mol. The minimum absolute atomic E-state index is 0.129. The molecule has 0 N–H and O–H groups in total. The van der Waals surface area contributed by atoms with Crippen LogP contribution < -0.4 is 0 Å². The van der Waals surface area contributed by atoms with Crippen LogP contribution in [0.2, 0.25) is 0 Å². The summed E-state index contributed by atoms with van der Waals surface area (Å²) in [6, 6.07) is 4.27. The van der Waals surface area contributed by atoms with E-state index in [0.717, 1.165) is 6.42 Å². The predicted octanol–water partition coefficient (Wildman–Crippen LogP) is 4.64. The van der Waals surface area contributed by atoms with Gasteiger partial charge in [-0.1, -0.05) is 0 Å². The van der Waals surface area contributed by atoms with Gasteiger partial charge in [-0.05, 0) is 52.7 Å². The van der Waals surface area contributed by atoms with Crippen LogP contribution in [0, 0.1) is 6.92 Å². The molecule has 0 radical (unpaired) electrons. The zero-order valence-corrected chi connectivity index (χ0v) is 10.3. The number of alkyl halides is 1. The summed E-state index contributed by atoms with van der Waals surface area (Å²) >= 11 is 9.84. The van der Waals surface area contributed by atoms with Crippen LogP contribution >= 0.6 is 34.3 Å². The monoisotopic (exact) mass is 242 g/mol. The zero-order valence-electron chi connectivity index (χ0n) is 7.87. The van der Waals surface area contributed by atoms with Crippen LogP contribution in [-0.2, 0) is 6.42 Å². The first kappa shape index (κ1) is 10.2. The lowest BCUT2D eigenvalue weighted by atomic mass is 10.1. The molecule has 0 aliphatic carbocycles. The van der Waals surface area contributed by atoms with Gasteiger partial charge in [0.05, 0.1) is 5.38 Å². The fraction of sp³-hybridized carbons (Fsp3) is 0.273. The van der Waals surface area contributed by atoms with Crippen molar-refractivity contribution in [1.29, 1.82) is 0 Å². The summed E-state index contributed by atoms with van der Waals surface area (Å²) in [5.41, 5.74) is 2.65.